The van der Waals surface area contributed by atoms with Gasteiger partial charge in [0.15, 0.2) is 0 Å². The van der Waals surface area contributed by atoms with Crippen LogP contribution in [0.15, 0.2) is 18.3 Å². The minimum absolute atomic E-state index is 0.266. The number of rotatable bonds is 4. The van der Waals surface area contributed by atoms with E-state index in [9.17, 15) is 0 Å². The van der Waals surface area contributed by atoms with E-state index in [4.69, 9.17) is 0 Å². The highest BCUT2D eigenvalue weighted by Gasteiger charge is 2.21. The van der Waals surface area contributed by atoms with Gasteiger partial charge in [0, 0.05) is 43.6 Å². The summed E-state index contributed by atoms with van der Waals surface area (Å²) < 4.78 is 0. The average molecular weight is 262 g/mol. The Morgan fingerprint density at radius 3 is 2.84 bits per heavy atom. The molecule has 2 rings (SSSR count). The number of likely N-dealkylation sites (N-methyl/N-ethyl adjacent to an activating group) is 1. The van der Waals surface area contributed by atoms with Gasteiger partial charge >= 0.3 is 0 Å². The molecule has 1 aliphatic heterocycles. The molecule has 0 saturated carbocycles. The summed E-state index contributed by atoms with van der Waals surface area (Å²) in [5.74, 6) is 0.973. The molecule has 4 heteroatoms. The highest BCUT2D eigenvalue weighted by Crippen LogP contribution is 2.23. The second-order valence-electron chi connectivity index (χ2n) is 6.53. The van der Waals surface area contributed by atoms with Crippen molar-refractivity contribution in [1.29, 1.82) is 0 Å². The third-order valence-corrected chi connectivity index (χ3v) is 3.51. The molecule has 19 heavy (non-hydrogen) atoms. The summed E-state index contributed by atoms with van der Waals surface area (Å²) >= 11 is 0. The molecule has 1 aromatic rings. The van der Waals surface area contributed by atoms with Crippen LogP contribution in [0.25, 0.3) is 0 Å². The smallest absolute Gasteiger partial charge is 0.127 e. The highest BCUT2D eigenvalue weighted by atomic mass is 15.2. The fourth-order valence-electron chi connectivity index (χ4n) is 2.30. The zero-order valence-corrected chi connectivity index (χ0v) is 12.5. The van der Waals surface area contributed by atoms with Gasteiger partial charge in [-0.1, -0.05) is 20.8 Å². The monoisotopic (exact) mass is 262 g/mol. The van der Waals surface area contributed by atoms with Crippen molar-refractivity contribution in [2.24, 2.45) is 5.41 Å². The van der Waals surface area contributed by atoms with Gasteiger partial charge in [-0.2, -0.15) is 0 Å². The first-order valence-corrected chi connectivity index (χ1v) is 7.10. The fourth-order valence-corrected chi connectivity index (χ4v) is 2.30. The van der Waals surface area contributed by atoms with Gasteiger partial charge in [0.25, 0.3) is 0 Å². The molecule has 4 nitrogen and oxygen atoms in total. The van der Waals surface area contributed by atoms with Crippen LogP contribution in [0.4, 0.5) is 11.5 Å². The minimum atomic E-state index is 0.266. The topological polar surface area (TPSA) is 40.2 Å². The molecule has 2 N–H and O–H groups in total. The first kappa shape index (κ1) is 14.1. The van der Waals surface area contributed by atoms with Crippen LogP contribution in [0.3, 0.4) is 0 Å². The van der Waals surface area contributed by atoms with Gasteiger partial charge in [-0.3, -0.25) is 0 Å². The Balaban J connectivity index is 1.99. The number of hydrogen-bond acceptors (Lipinski definition) is 4. The van der Waals surface area contributed by atoms with E-state index in [1.165, 1.54) is 12.1 Å². The predicted molar refractivity (Wildman–Crippen MR) is 81.9 cm³/mol. The van der Waals surface area contributed by atoms with Crippen LogP contribution in [0, 0.1) is 5.41 Å². The molecule has 0 spiro atoms. The van der Waals surface area contributed by atoms with Gasteiger partial charge in [0.1, 0.15) is 5.82 Å². The Bertz CT molecular complexity index is 411. The molecule has 1 atom stereocenters. The van der Waals surface area contributed by atoms with E-state index in [0.717, 1.165) is 25.5 Å². The number of hydrogen-bond donors (Lipinski definition) is 2. The third kappa shape index (κ3) is 4.10. The van der Waals surface area contributed by atoms with E-state index in [1.54, 1.807) is 0 Å². The maximum Gasteiger partial charge on any atom is 0.127 e. The molecule has 106 valence electrons. The third-order valence-electron chi connectivity index (χ3n) is 3.51. The Kier molecular flexibility index (Phi) is 4.30. The van der Waals surface area contributed by atoms with Crippen LogP contribution in [0.1, 0.15) is 27.2 Å². The zero-order valence-electron chi connectivity index (χ0n) is 12.5. The van der Waals surface area contributed by atoms with E-state index in [1.807, 2.05) is 13.2 Å². The highest BCUT2D eigenvalue weighted by molar-refractivity contribution is 5.54. The number of aromatic nitrogens is 1. The molecular formula is C15H26N4. The molecule has 0 radical (unpaired) electrons. The fraction of sp³-hybridized carbons (Fsp3) is 0.667. The molecule has 0 aromatic carbocycles. The van der Waals surface area contributed by atoms with Crippen LogP contribution in [-0.2, 0) is 0 Å². The summed E-state index contributed by atoms with van der Waals surface area (Å²) in [5.41, 5.74) is 1.53. The van der Waals surface area contributed by atoms with Gasteiger partial charge < -0.3 is 15.5 Å². The summed E-state index contributed by atoms with van der Waals surface area (Å²) in [5, 5.41) is 6.77. The molecule has 1 saturated heterocycles. The van der Waals surface area contributed by atoms with E-state index >= 15 is 0 Å². The molecule has 0 unspecified atom stereocenters. The Labute approximate surface area is 116 Å². The maximum absolute atomic E-state index is 4.40. The number of pyridine rings is 1. The lowest BCUT2D eigenvalue weighted by molar-refractivity contribution is 0.442. The first-order chi connectivity index (χ1) is 8.98. The summed E-state index contributed by atoms with van der Waals surface area (Å²) in [6.45, 7) is 9.81. The van der Waals surface area contributed by atoms with Crippen molar-refractivity contribution in [3.05, 3.63) is 18.3 Å². The molecule has 0 amide bonds. The van der Waals surface area contributed by atoms with Crippen LogP contribution in [0.2, 0.25) is 0 Å². The molecular weight excluding hydrogens is 236 g/mol. The van der Waals surface area contributed by atoms with E-state index < -0.39 is 0 Å². The van der Waals surface area contributed by atoms with Gasteiger partial charge in [-0.15, -0.1) is 0 Å². The molecule has 2 heterocycles. The largest absolute Gasteiger partial charge is 0.370 e. The SMILES string of the molecule is CN[C@@H]1CCN(c2ccnc(NCC(C)(C)C)c2)C1. The number of anilines is 2. The van der Waals surface area contributed by atoms with Gasteiger partial charge in [-0.25, -0.2) is 4.98 Å². The van der Waals surface area contributed by atoms with Crippen LogP contribution in [0.5, 0.6) is 0 Å². The van der Waals surface area contributed by atoms with E-state index in [0.29, 0.717) is 6.04 Å². The second kappa shape index (κ2) is 5.78. The summed E-state index contributed by atoms with van der Waals surface area (Å²) in [6.07, 6.45) is 3.11. The van der Waals surface area contributed by atoms with Crippen molar-refractivity contribution >= 4 is 11.5 Å². The van der Waals surface area contributed by atoms with Gasteiger partial charge in [0.05, 0.1) is 0 Å². The molecule has 1 fully saturated rings. The second-order valence-corrected chi connectivity index (χ2v) is 6.53. The lowest BCUT2D eigenvalue weighted by Crippen LogP contribution is -2.29. The molecule has 0 bridgehead atoms. The number of nitrogens with one attached hydrogen (secondary N) is 2. The van der Waals surface area contributed by atoms with Crippen molar-refractivity contribution in [3.8, 4) is 0 Å². The van der Waals surface area contributed by atoms with Crippen molar-refractivity contribution in [3.63, 3.8) is 0 Å². The van der Waals surface area contributed by atoms with Gasteiger partial charge in [0.2, 0.25) is 0 Å². The maximum atomic E-state index is 4.40. The van der Waals surface area contributed by atoms with Gasteiger partial charge in [-0.05, 0) is 24.9 Å². The first-order valence-electron chi connectivity index (χ1n) is 7.10. The normalized spacial score (nSPS) is 19.8. The van der Waals surface area contributed by atoms with E-state index in [-0.39, 0.29) is 5.41 Å². The Morgan fingerprint density at radius 2 is 2.21 bits per heavy atom. The van der Waals surface area contributed by atoms with Crippen molar-refractivity contribution in [2.75, 3.05) is 36.9 Å². The lowest BCUT2D eigenvalue weighted by Gasteiger charge is -2.21. The Morgan fingerprint density at radius 1 is 1.42 bits per heavy atom. The zero-order chi connectivity index (χ0) is 13.9. The standard InChI is InChI=1S/C15H26N4/c1-15(2,3)11-18-14-9-13(5-7-17-14)19-8-6-12(10-19)16-4/h5,7,9,12,16H,6,8,10-11H2,1-4H3,(H,17,18)/t12-/m1/s1. The Hall–Kier alpha value is -1.29. The molecule has 1 aromatic heterocycles. The number of nitrogens with zero attached hydrogens (tertiary/aromatic N) is 2. The predicted octanol–water partition coefficient (Wildman–Crippen LogP) is 2.34. The lowest BCUT2D eigenvalue weighted by atomic mass is 9.97. The minimum Gasteiger partial charge on any atom is -0.370 e. The van der Waals surface area contributed by atoms with Crippen LogP contribution >= 0.6 is 0 Å². The quantitative estimate of drug-likeness (QED) is 0.874. The summed E-state index contributed by atoms with van der Waals surface area (Å²) in [4.78, 5) is 6.82. The van der Waals surface area contributed by atoms with Crippen LogP contribution in [-0.4, -0.2) is 37.7 Å². The van der Waals surface area contributed by atoms with Crippen molar-refractivity contribution in [2.45, 2.75) is 33.2 Å². The summed E-state index contributed by atoms with van der Waals surface area (Å²) in [7, 11) is 2.04. The van der Waals surface area contributed by atoms with Crippen molar-refractivity contribution < 1.29 is 0 Å². The van der Waals surface area contributed by atoms with E-state index in [2.05, 4.69) is 53.4 Å². The average Bonchev–Trinajstić information content (AvgIpc) is 2.85. The summed E-state index contributed by atoms with van der Waals surface area (Å²) in [6, 6.07) is 4.86. The van der Waals surface area contributed by atoms with Crippen LogP contribution < -0.4 is 15.5 Å². The molecule has 1 aliphatic rings. The molecule has 0 aliphatic carbocycles. The van der Waals surface area contributed by atoms with Crippen molar-refractivity contribution in [1.82, 2.24) is 10.3 Å².